The normalized spacial score (nSPS) is 14.4. The summed E-state index contributed by atoms with van der Waals surface area (Å²) in [4.78, 5) is 4.15. The lowest BCUT2D eigenvalue weighted by Gasteiger charge is -2.19. The number of pyridine rings is 1. The molecule has 0 aliphatic rings. The second kappa shape index (κ2) is 5.31. The van der Waals surface area contributed by atoms with Gasteiger partial charge in [0.05, 0.1) is 5.69 Å². The summed E-state index contributed by atoms with van der Waals surface area (Å²) in [6.45, 7) is 6.36. The van der Waals surface area contributed by atoms with Crippen molar-refractivity contribution >= 4 is 0 Å². The zero-order valence-electron chi connectivity index (χ0n) is 11.4. The lowest BCUT2D eigenvalue weighted by atomic mass is 10.1. The Hall–Kier alpha value is -1.68. The molecule has 0 fully saturated rings. The van der Waals surface area contributed by atoms with Crippen molar-refractivity contribution in [3.05, 3.63) is 47.5 Å². The van der Waals surface area contributed by atoms with E-state index in [4.69, 9.17) is 0 Å². The number of nitrogens with zero attached hydrogens (tertiary/aromatic N) is 3. The summed E-state index contributed by atoms with van der Waals surface area (Å²) in [7, 11) is 1.95. The molecule has 1 N–H and O–H groups in total. The van der Waals surface area contributed by atoms with Gasteiger partial charge in [0.2, 0.25) is 0 Å². The molecule has 0 bridgehead atoms. The van der Waals surface area contributed by atoms with Gasteiger partial charge in [0.1, 0.15) is 0 Å². The zero-order chi connectivity index (χ0) is 13.1. The number of aryl methyl sites for hydroxylation is 2. The van der Waals surface area contributed by atoms with Crippen molar-refractivity contribution in [2.45, 2.75) is 32.9 Å². The summed E-state index contributed by atoms with van der Waals surface area (Å²) < 4.78 is 1.86. The summed E-state index contributed by atoms with van der Waals surface area (Å²) in [5.41, 5.74) is 3.52. The molecule has 0 amide bonds. The first-order valence-corrected chi connectivity index (χ1v) is 6.24. The highest BCUT2D eigenvalue weighted by Gasteiger charge is 2.14. The Labute approximate surface area is 108 Å². The van der Waals surface area contributed by atoms with E-state index in [1.54, 1.807) is 6.20 Å². The van der Waals surface area contributed by atoms with Gasteiger partial charge in [0.15, 0.2) is 0 Å². The van der Waals surface area contributed by atoms with E-state index in [9.17, 15) is 0 Å². The molecule has 4 heteroatoms. The summed E-state index contributed by atoms with van der Waals surface area (Å²) in [6.07, 6.45) is 5.77. The summed E-state index contributed by atoms with van der Waals surface area (Å²) in [5.74, 6) is 0. The topological polar surface area (TPSA) is 42.7 Å². The van der Waals surface area contributed by atoms with Crippen LogP contribution in [0.15, 0.2) is 30.7 Å². The molecule has 2 aromatic heterocycles. The van der Waals surface area contributed by atoms with Gasteiger partial charge >= 0.3 is 0 Å². The average molecular weight is 244 g/mol. The lowest BCUT2D eigenvalue weighted by molar-refractivity contribution is 0.492. The molecule has 2 rings (SSSR count). The molecule has 18 heavy (non-hydrogen) atoms. The van der Waals surface area contributed by atoms with E-state index in [1.165, 1.54) is 11.1 Å². The minimum absolute atomic E-state index is 0.272. The first kappa shape index (κ1) is 12.8. The summed E-state index contributed by atoms with van der Waals surface area (Å²) in [6, 6.07) is 4.60. The fraction of sp³-hybridized carbons (Fsp3) is 0.429. The molecule has 2 atom stereocenters. The van der Waals surface area contributed by atoms with E-state index in [0.29, 0.717) is 0 Å². The van der Waals surface area contributed by atoms with Gasteiger partial charge < -0.3 is 5.32 Å². The van der Waals surface area contributed by atoms with Crippen molar-refractivity contribution in [3.63, 3.8) is 0 Å². The molecule has 0 radical (unpaired) electrons. The van der Waals surface area contributed by atoms with Gasteiger partial charge in [-0.15, -0.1) is 0 Å². The molecular formula is C14H20N4. The average Bonchev–Trinajstić information content (AvgIpc) is 2.69. The third-order valence-corrected chi connectivity index (χ3v) is 3.20. The standard InChI is InChI=1S/C14H20N4/c1-10(13-6-5-7-15-8-13)16-11(2)14-9-18(4)17-12(14)3/h5-11,16H,1-4H3/t10-,11?/m0/s1. The van der Waals surface area contributed by atoms with Gasteiger partial charge in [-0.1, -0.05) is 6.07 Å². The molecule has 1 unspecified atom stereocenters. The van der Waals surface area contributed by atoms with Crippen molar-refractivity contribution in [2.24, 2.45) is 7.05 Å². The smallest absolute Gasteiger partial charge is 0.0641 e. The lowest BCUT2D eigenvalue weighted by Crippen LogP contribution is -2.22. The number of aromatic nitrogens is 3. The van der Waals surface area contributed by atoms with E-state index in [-0.39, 0.29) is 12.1 Å². The molecule has 0 aliphatic carbocycles. The maximum absolute atomic E-state index is 4.38. The maximum Gasteiger partial charge on any atom is 0.0641 e. The first-order valence-electron chi connectivity index (χ1n) is 6.24. The Balaban J connectivity index is 2.08. The van der Waals surface area contributed by atoms with Crippen LogP contribution in [0.4, 0.5) is 0 Å². The second-order valence-corrected chi connectivity index (χ2v) is 4.74. The Morgan fingerprint density at radius 3 is 2.61 bits per heavy atom. The third kappa shape index (κ3) is 2.76. The molecule has 96 valence electrons. The molecule has 0 aliphatic heterocycles. The highest BCUT2D eigenvalue weighted by Crippen LogP contribution is 2.20. The minimum atomic E-state index is 0.272. The third-order valence-electron chi connectivity index (χ3n) is 3.20. The largest absolute Gasteiger partial charge is 0.303 e. The Bertz CT molecular complexity index is 504. The van der Waals surface area contributed by atoms with Crippen LogP contribution in [-0.4, -0.2) is 14.8 Å². The number of nitrogens with one attached hydrogen (secondary N) is 1. The predicted molar refractivity (Wildman–Crippen MR) is 72.1 cm³/mol. The molecule has 4 nitrogen and oxygen atoms in total. The Morgan fingerprint density at radius 2 is 2.06 bits per heavy atom. The highest BCUT2D eigenvalue weighted by molar-refractivity contribution is 5.21. The van der Waals surface area contributed by atoms with Crippen LogP contribution in [0.1, 0.15) is 42.8 Å². The van der Waals surface area contributed by atoms with Crippen LogP contribution >= 0.6 is 0 Å². The molecule has 2 heterocycles. The van der Waals surface area contributed by atoms with Crippen molar-refractivity contribution in [1.82, 2.24) is 20.1 Å². The van der Waals surface area contributed by atoms with Crippen LogP contribution in [-0.2, 0) is 7.05 Å². The van der Waals surface area contributed by atoms with E-state index in [0.717, 1.165) is 5.69 Å². The Kier molecular flexibility index (Phi) is 3.77. The van der Waals surface area contributed by atoms with Gasteiger partial charge in [-0.25, -0.2) is 0 Å². The van der Waals surface area contributed by atoms with Gasteiger partial charge in [0, 0.05) is 43.3 Å². The zero-order valence-corrected chi connectivity index (χ0v) is 11.4. The van der Waals surface area contributed by atoms with Crippen LogP contribution in [0.5, 0.6) is 0 Å². The Morgan fingerprint density at radius 1 is 1.28 bits per heavy atom. The van der Waals surface area contributed by atoms with Crippen LogP contribution in [0, 0.1) is 6.92 Å². The summed E-state index contributed by atoms with van der Waals surface area (Å²) in [5, 5.41) is 7.95. The van der Waals surface area contributed by atoms with Gasteiger partial charge in [0.25, 0.3) is 0 Å². The van der Waals surface area contributed by atoms with Crippen molar-refractivity contribution < 1.29 is 0 Å². The van der Waals surface area contributed by atoms with E-state index in [1.807, 2.05) is 30.9 Å². The molecule has 0 spiro atoms. The minimum Gasteiger partial charge on any atom is -0.303 e. The van der Waals surface area contributed by atoms with E-state index in [2.05, 4.69) is 41.5 Å². The van der Waals surface area contributed by atoms with Crippen LogP contribution in [0.2, 0.25) is 0 Å². The maximum atomic E-state index is 4.38. The molecule has 2 aromatic rings. The number of rotatable bonds is 4. The monoisotopic (exact) mass is 244 g/mol. The molecular weight excluding hydrogens is 224 g/mol. The molecule has 0 saturated heterocycles. The van der Waals surface area contributed by atoms with Crippen molar-refractivity contribution in [2.75, 3.05) is 0 Å². The summed E-state index contributed by atoms with van der Waals surface area (Å²) >= 11 is 0. The van der Waals surface area contributed by atoms with Crippen molar-refractivity contribution in [3.8, 4) is 0 Å². The van der Waals surface area contributed by atoms with Gasteiger partial charge in [-0.3, -0.25) is 9.67 Å². The first-order chi connectivity index (χ1) is 8.58. The van der Waals surface area contributed by atoms with Crippen molar-refractivity contribution in [1.29, 1.82) is 0 Å². The van der Waals surface area contributed by atoms with Crippen LogP contribution < -0.4 is 5.32 Å². The predicted octanol–water partition coefficient (Wildman–Crippen LogP) is 2.54. The molecule has 0 aromatic carbocycles. The van der Waals surface area contributed by atoms with E-state index < -0.39 is 0 Å². The fourth-order valence-corrected chi connectivity index (χ4v) is 2.24. The van der Waals surface area contributed by atoms with Gasteiger partial charge in [-0.2, -0.15) is 5.10 Å². The quantitative estimate of drug-likeness (QED) is 0.898. The van der Waals surface area contributed by atoms with Crippen LogP contribution in [0.3, 0.4) is 0 Å². The van der Waals surface area contributed by atoms with Gasteiger partial charge in [-0.05, 0) is 32.4 Å². The highest BCUT2D eigenvalue weighted by atomic mass is 15.3. The fourth-order valence-electron chi connectivity index (χ4n) is 2.24. The molecule has 0 saturated carbocycles. The number of hydrogen-bond donors (Lipinski definition) is 1. The second-order valence-electron chi connectivity index (χ2n) is 4.74. The van der Waals surface area contributed by atoms with Crippen LogP contribution in [0.25, 0.3) is 0 Å². The van der Waals surface area contributed by atoms with E-state index >= 15 is 0 Å². The number of hydrogen-bond acceptors (Lipinski definition) is 3. The SMILES string of the molecule is Cc1nn(C)cc1C(C)N[C@@H](C)c1cccnc1.